The molecule has 0 aromatic rings. The summed E-state index contributed by atoms with van der Waals surface area (Å²) in [6, 6.07) is 0. The lowest BCUT2D eigenvalue weighted by Crippen LogP contribution is -2.34. The maximum Gasteiger partial charge on any atom is 0.0723 e. The average molecular weight is 245 g/mol. The van der Waals surface area contributed by atoms with E-state index in [1.165, 1.54) is 6.42 Å². The van der Waals surface area contributed by atoms with Gasteiger partial charge in [0.05, 0.1) is 19.3 Å². The van der Waals surface area contributed by atoms with Gasteiger partial charge in [0.15, 0.2) is 0 Å². The third-order valence-electron chi connectivity index (χ3n) is 2.53. The Balaban J connectivity index is 3.56. The summed E-state index contributed by atoms with van der Waals surface area (Å²) in [5, 5.41) is 3.41. The molecule has 1 unspecified atom stereocenters. The molecule has 0 heterocycles. The van der Waals surface area contributed by atoms with Gasteiger partial charge in [-0.2, -0.15) is 0 Å². The van der Waals surface area contributed by atoms with Gasteiger partial charge in [-0.1, -0.05) is 34.6 Å². The molecule has 1 atom stereocenters. The molecular formula is C14H31NO2. The van der Waals surface area contributed by atoms with Gasteiger partial charge in [-0.05, 0) is 24.8 Å². The fourth-order valence-corrected chi connectivity index (χ4v) is 1.49. The van der Waals surface area contributed by atoms with Crippen LogP contribution in [0, 0.1) is 11.8 Å². The summed E-state index contributed by atoms with van der Waals surface area (Å²) in [4.78, 5) is 0. The lowest BCUT2D eigenvalue weighted by atomic mass is 10.1. The quantitative estimate of drug-likeness (QED) is 0.568. The van der Waals surface area contributed by atoms with E-state index in [9.17, 15) is 0 Å². The van der Waals surface area contributed by atoms with E-state index in [0.29, 0.717) is 31.2 Å². The summed E-state index contributed by atoms with van der Waals surface area (Å²) in [6.07, 6.45) is 1.46. The SMILES string of the molecule is CCCNCC(OCCOCC(C)C)C(C)C. The van der Waals surface area contributed by atoms with Gasteiger partial charge in [0.25, 0.3) is 0 Å². The van der Waals surface area contributed by atoms with E-state index in [1.54, 1.807) is 0 Å². The summed E-state index contributed by atoms with van der Waals surface area (Å²) < 4.78 is 11.3. The van der Waals surface area contributed by atoms with Gasteiger partial charge in [-0.3, -0.25) is 0 Å². The Kier molecular flexibility index (Phi) is 10.9. The molecule has 0 saturated heterocycles. The first-order valence-corrected chi connectivity index (χ1v) is 6.98. The van der Waals surface area contributed by atoms with Crippen molar-refractivity contribution < 1.29 is 9.47 Å². The molecule has 0 aromatic heterocycles. The van der Waals surface area contributed by atoms with Crippen molar-refractivity contribution in [2.75, 3.05) is 32.9 Å². The largest absolute Gasteiger partial charge is 0.379 e. The van der Waals surface area contributed by atoms with Crippen LogP contribution in [0.5, 0.6) is 0 Å². The first-order chi connectivity index (χ1) is 8.07. The second kappa shape index (κ2) is 11.0. The normalized spacial score (nSPS) is 13.6. The van der Waals surface area contributed by atoms with E-state index in [4.69, 9.17) is 9.47 Å². The Labute approximate surface area is 107 Å². The van der Waals surface area contributed by atoms with Gasteiger partial charge < -0.3 is 14.8 Å². The van der Waals surface area contributed by atoms with Gasteiger partial charge in [0.2, 0.25) is 0 Å². The van der Waals surface area contributed by atoms with Crippen molar-refractivity contribution in [3.8, 4) is 0 Å². The number of ether oxygens (including phenoxy) is 2. The van der Waals surface area contributed by atoms with Crippen molar-refractivity contribution in [2.24, 2.45) is 11.8 Å². The molecule has 0 aliphatic carbocycles. The lowest BCUT2D eigenvalue weighted by molar-refractivity contribution is -0.0179. The number of hydrogen-bond acceptors (Lipinski definition) is 3. The molecule has 0 bridgehead atoms. The van der Waals surface area contributed by atoms with Crippen LogP contribution in [-0.2, 0) is 9.47 Å². The fourth-order valence-electron chi connectivity index (χ4n) is 1.49. The van der Waals surface area contributed by atoms with E-state index in [-0.39, 0.29) is 0 Å². The van der Waals surface area contributed by atoms with Gasteiger partial charge in [-0.15, -0.1) is 0 Å². The van der Waals surface area contributed by atoms with Crippen LogP contribution >= 0.6 is 0 Å². The highest BCUT2D eigenvalue weighted by Gasteiger charge is 2.12. The monoisotopic (exact) mass is 245 g/mol. The van der Waals surface area contributed by atoms with Crippen LogP contribution in [0.1, 0.15) is 41.0 Å². The van der Waals surface area contributed by atoms with Crippen molar-refractivity contribution >= 4 is 0 Å². The zero-order chi connectivity index (χ0) is 13.1. The molecule has 0 spiro atoms. The third-order valence-corrected chi connectivity index (χ3v) is 2.53. The number of rotatable bonds is 11. The highest BCUT2D eigenvalue weighted by Crippen LogP contribution is 2.05. The van der Waals surface area contributed by atoms with E-state index < -0.39 is 0 Å². The maximum atomic E-state index is 5.84. The fraction of sp³-hybridized carbons (Fsp3) is 1.00. The van der Waals surface area contributed by atoms with Gasteiger partial charge in [-0.25, -0.2) is 0 Å². The lowest BCUT2D eigenvalue weighted by Gasteiger charge is -2.22. The molecule has 104 valence electrons. The molecule has 0 rings (SSSR count). The molecule has 0 aromatic carbocycles. The molecule has 0 aliphatic heterocycles. The summed E-state index contributed by atoms with van der Waals surface area (Å²) in [6.45, 7) is 15.1. The predicted molar refractivity (Wildman–Crippen MR) is 73.4 cm³/mol. The molecule has 0 saturated carbocycles. The van der Waals surface area contributed by atoms with Crippen molar-refractivity contribution in [3.63, 3.8) is 0 Å². The molecule has 3 nitrogen and oxygen atoms in total. The molecule has 0 amide bonds. The molecule has 3 heteroatoms. The Hall–Kier alpha value is -0.120. The molecule has 0 aliphatic rings. The zero-order valence-electron chi connectivity index (χ0n) is 12.3. The number of nitrogens with one attached hydrogen (secondary N) is 1. The summed E-state index contributed by atoms with van der Waals surface area (Å²) >= 11 is 0. The van der Waals surface area contributed by atoms with Crippen LogP contribution in [0.25, 0.3) is 0 Å². The van der Waals surface area contributed by atoms with Crippen LogP contribution in [0.15, 0.2) is 0 Å². The average Bonchev–Trinajstić information content (AvgIpc) is 2.25. The first-order valence-electron chi connectivity index (χ1n) is 6.98. The Morgan fingerprint density at radius 3 is 2.29 bits per heavy atom. The molecule has 0 radical (unpaired) electrons. The minimum absolute atomic E-state index is 0.296. The van der Waals surface area contributed by atoms with Crippen molar-refractivity contribution in [2.45, 2.75) is 47.1 Å². The predicted octanol–water partition coefficient (Wildman–Crippen LogP) is 2.70. The van der Waals surface area contributed by atoms with Crippen LogP contribution in [0.3, 0.4) is 0 Å². The zero-order valence-corrected chi connectivity index (χ0v) is 12.3. The summed E-state index contributed by atoms with van der Waals surface area (Å²) in [5.41, 5.74) is 0. The minimum Gasteiger partial charge on any atom is -0.379 e. The molecule has 17 heavy (non-hydrogen) atoms. The van der Waals surface area contributed by atoms with Crippen LogP contribution in [-0.4, -0.2) is 39.0 Å². The van der Waals surface area contributed by atoms with Crippen LogP contribution in [0.2, 0.25) is 0 Å². The van der Waals surface area contributed by atoms with Crippen LogP contribution in [0.4, 0.5) is 0 Å². The Morgan fingerprint density at radius 2 is 1.76 bits per heavy atom. The summed E-state index contributed by atoms with van der Waals surface area (Å²) in [5.74, 6) is 1.14. The smallest absolute Gasteiger partial charge is 0.0723 e. The molecule has 0 fully saturated rings. The van der Waals surface area contributed by atoms with E-state index >= 15 is 0 Å². The van der Waals surface area contributed by atoms with Crippen molar-refractivity contribution in [1.29, 1.82) is 0 Å². The number of hydrogen-bond donors (Lipinski definition) is 1. The molecule has 1 N–H and O–H groups in total. The van der Waals surface area contributed by atoms with E-state index in [2.05, 4.69) is 39.9 Å². The van der Waals surface area contributed by atoms with Crippen LogP contribution < -0.4 is 5.32 Å². The second-order valence-corrected chi connectivity index (χ2v) is 5.33. The summed E-state index contributed by atoms with van der Waals surface area (Å²) in [7, 11) is 0. The maximum absolute atomic E-state index is 5.84. The Morgan fingerprint density at radius 1 is 1.06 bits per heavy atom. The first kappa shape index (κ1) is 16.9. The van der Waals surface area contributed by atoms with Gasteiger partial charge in [0, 0.05) is 13.2 Å². The third kappa shape index (κ3) is 10.7. The highest BCUT2D eigenvalue weighted by atomic mass is 16.5. The topological polar surface area (TPSA) is 30.5 Å². The van der Waals surface area contributed by atoms with Gasteiger partial charge >= 0.3 is 0 Å². The van der Waals surface area contributed by atoms with Crippen molar-refractivity contribution in [1.82, 2.24) is 5.32 Å². The minimum atomic E-state index is 0.296. The highest BCUT2D eigenvalue weighted by molar-refractivity contribution is 4.65. The second-order valence-electron chi connectivity index (χ2n) is 5.33. The van der Waals surface area contributed by atoms with Crippen molar-refractivity contribution in [3.05, 3.63) is 0 Å². The van der Waals surface area contributed by atoms with Gasteiger partial charge in [0.1, 0.15) is 0 Å². The Bertz CT molecular complexity index is 160. The van der Waals surface area contributed by atoms with E-state index in [0.717, 1.165) is 19.7 Å². The standard InChI is InChI=1S/C14H31NO2/c1-6-7-15-10-14(13(4)5)17-9-8-16-11-12(2)3/h12-15H,6-11H2,1-5H3. The molecular weight excluding hydrogens is 214 g/mol. The van der Waals surface area contributed by atoms with E-state index in [1.807, 2.05) is 0 Å².